The number of nitrogens with two attached hydrogens (primary N) is 1. The van der Waals surface area contributed by atoms with Gasteiger partial charge in [-0.3, -0.25) is 35.7 Å². The van der Waals surface area contributed by atoms with Gasteiger partial charge >= 0.3 is 12.1 Å². The van der Waals surface area contributed by atoms with Crippen molar-refractivity contribution in [2.45, 2.75) is 55.1 Å². The number of rotatable bonds is 1. The number of non-ortho nitro benzene ring substituents is 1. The van der Waals surface area contributed by atoms with Crippen LogP contribution in [0.25, 0.3) is 0 Å². The van der Waals surface area contributed by atoms with Crippen LogP contribution in [0.2, 0.25) is 0 Å². The van der Waals surface area contributed by atoms with Crippen molar-refractivity contribution in [3.05, 3.63) is 104 Å². The second-order valence-corrected chi connectivity index (χ2v) is 13.1. The normalized spacial score (nSPS) is 25.2. The predicted octanol–water partition coefficient (Wildman–Crippen LogP) is 0.892. The third-order valence-corrected chi connectivity index (χ3v) is 9.86. The summed E-state index contributed by atoms with van der Waals surface area (Å²) in [7, 11) is 0. The van der Waals surface area contributed by atoms with Crippen LogP contribution in [-0.4, -0.2) is 58.6 Å². The first-order valence-electron chi connectivity index (χ1n) is 15.4. The van der Waals surface area contributed by atoms with Crippen molar-refractivity contribution in [3.8, 4) is 0 Å². The fourth-order valence-corrected chi connectivity index (χ4v) is 7.58. The summed E-state index contributed by atoms with van der Waals surface area (Å²) in [6.07, 6.45) is 4.11. The summed E-state index contributed by atoms with van der Waals surface area (Å²) in [5.41, 5.74) is 11.7. The van der Waals surface area contributed by atoms with Crippen LogP contribution in [0, 0.1) is 10.1 Å². The van der Waals surface area contributed by atoms with Gasteiger partial charge in [-0.1, -0.05) is 36.4 Å². The molecule has 6 aliphatic rings. The molecule has 242 valence electrons. The number of nitrogens with one attached hydrogen (secondary N) is 6. The van der Waals surface area contributed by atoms with Crippen LogP contribution in [0.1, 0.15) is 33.4 Å². The molecule has 0 saturated carbocycles. The molecule has 3 aliphatic carbocycles. The number of urea groups is 2. The molecule has 3 aliphatic heterocycles. The van der Waals surface area contributed by atoms with E-state index in [1.165, 1.54) is 36.1 Å². The molecule has 3 fully saturated rings. The molecule has 14 nitrogen and oxygen atoms in total. The van der Waals surface area contributed by atoms with Gasteiger partial charge in [0.15, 0.2) is 0 Å². The second kappa shape index (κ2) is 11.2. The van der Waals surface area contributed by atoms with Crippen LogP contribution in [0.5, 0.6) is 0 Å². The third kappa shape index (κ3) is 5.55. The first-order chi connectivity index (χ1) is 22.5. The molecule has 0 bridgehead atoms. The summed E-state index contributed by atoms with van der Waals surface area (Å²) in [5.74, 6) is -0.612. The Labute approximate surface area is 269 Å². The predicted molar refractivity (Wildman–Crippen MR) is 170 cm³/mol. The standard InChI is InChI=1S/C11H9N3O4.C11H11N3O2.C11H14N2/c15-9-11(13-10(16)12-9)4-6-1-2-8(14(17)18)3-7(6)5-11;12-8-2-1-6-4-11(5-7(6)3-8)9(15)13-10(16)14-11;1-2-4-10-6-11(5-9(10)3-1)7-12-8-13-11/h1-3H,4-5H2,(H2,12,13,15,16);1-3H,4-5,12H2,(H2,13,14,15,16);1-4,12-13H,5-8H2. The highest BCUT2D eigenvalue weighted by Gasteiger charge is 2.51. The minimum Gasteiger partial charge on any atom is -0.399 e. The van der Waals surface area contributed by atoms with Gasteiger partial charge in [0.2, 0.25) is 0 Å². The number of carbonyl (C=O) groups excluding carboxylic acids is 4. The van der Waals surface area contributed by atoms with Crippen molar-refractivity contribution >= 4 is 35.3 Å². The van der Waals surface area contributed by atoms with E-state index in [1.54, 1.807) is 6.07 Å². The second-order valence-electron chi connectivity index (χ2n) is 13.1. The van der Waals surface area contributed by atoms with E-state index in [2.05, 4.69) is 56.2 Å². The molecule has 8 N–H and O–H groups in total. The molecule has 14 heteroatoms. The highest BCUT2D eigenvalue weighted by atomic mass is 16.6. The maximum absolute atomic E-state index is 11.8. The van der Waals surface area contributed by atoms with Crippen LogP contribution in [0.4, 0.5) is 21.0 Å². The van der Waals surface area contributed by atoms with Crippen molar-refractivity contribution in [2.24, 2.45) is 0 Å². The fraction of sp³-hybridized carbons (Fsp3) is 0.333. The number of carbonyl (C=O) groups is 4. The highest BCUT2D eigenvalue weighted by molar-refractivity contribution is 6.08. The molecule has 2 unspecified atom stereocenters. The van der Waals surface area contributed by atoms with Gasteiger partial charge in [0.25, 0.3) is 17.5 Å². The molecule has 0 radical (unpaired) electrons. The van der Waals surface area contributed by atoms with E-state index >= 15 is 0 Å². The van der Waals surface area contributed by atoms with Crippen LogP contribution in [0.15, 0.2) is 60.7 Å². The molecule has 2 atom stereocenters. The van der Waals surface area contributed by atoms with Crippen molar-refractivity contribution in [3.63, 3.8) is 0 Å². The van der Waals surface area contributed by atoms with Gasteiger partial charge < -0.3 is 21.7 Å². The summed E-state index contributed by atoms with van der Waals surface area (Å²) < 4.78 is 0. The van der Waals surface area contributed by atoms with Gasteiger partial charge in [0.05, 0.1) is 4.92 Å². The Kier molecular flexibility index (Phi) is 7.21. The Hall–Kier alpha value is -5.34. The number of hydrogen-bond acceptors (Lipinski definition) is 9. The lowest BCUT2D eigenvalue weighted by molar-refractivity contribution is -0.384. The number of anilines is 1. The lowest BCUT2D eigenvalue weighted by Gasteiger charge is -2.21. The zero-order valence-corrected chi connectivity index (χ0v) is 25.4. The van der Waals surface area contributed by atoms with E-state index < -0.39 is 28.1 Å². The van der Waals surface area contributed by atoms with E-state index in [-0.39, 0.29) is 17.5 Å². The van der Waals surface area contributed by atoms with Crippen LogP contribution in [-0.2, 0) is 48.1 Å². The van der Waals surface area contributed by atoms with Crippen molar-refractivity contribution in [2.75, 3.05) is 18.9 Å². The Balaban J connectivity index is 0.000000113. The summed E-state index contributed by atoms with van der Waals surface area (Å²) in [4.78, 5) is 56.1. The van der Waals surface area contributed by atoms with Crippen molar-refractivity contribution in [1.29, 1.82) is 0 Å². The third-order valence-electron chi connectivity index (χ3n) is 9.86. The average molecular weight is 639 g/mol. The van der Waals surface area contributed by atoms with Crippen molar-refractivity contribution in [1.82, 2.24) is 31.9 Å². The maximum Gasteiger partial charge on any atom is 0.322 e. The molecule has 6 amide bonds. The van der Waals surface area contributed by atoms with Crippen LogP contribution < -0.4 is 37.6 Å². The molecule has 0 aromatic heterocycles. The summed E-state index contributed by atoms with van der Waals surface area (Å²) >= 11 is 0. The summed E-state index contributed by atoms with van der Waals surface area (Å²) in [6.45, 7) is 2.08. The summed E-state index contributed by atoms with van der Waals surface area (Å²) in [5, 5.41) is 27.4. The molecule has 3 spiro atoms. The van der Waals surface area contributed by atoms with Gasteiger partial charge in [-0.05, 0) is 58.4 Å². The van der Waals surface area contributed by atoms with Gasteiger partial charge in [0, 0.05) is 62.3 Å². The van der Waals surface area contributed by atoms with Gasteiger partial charge in [-0.2, -0.15) is 0 Å². The lowest BCUT2D eigenvalue weighted by atomic mass is 9.96. The first kappa shape index (κ1) is 30.3. The number of nitro benzene ring substituents is 1. The smallest absolute Gasteiger partial charge is 0.322 e. The maximum atomic E-state index is 11.8. The quantitative estimate of drug-likeness (QED) is 0.0872. The summed E-state index contributed by atoms with van der Waals surface area (Å²) in [6, 6.07) is 18.0. The van der Waals surface area contributed by atoms with E-state index in [1.807, 2.05) is 18.2 Å². The Bertz CT molecular complexity index is 1830. The van der Waals surface area contributed by atoms with Gasteiger partial charge in [-0.15, -0.1) is 0 Å². The Morgan fingerprint density at radius 1 is 0.660 bits per heavy atom. The van der Waals surface area contributed by atoms with E-state index in [9.17, 15) is 29.3 Å². The molecule has 3 heterocycles. The number of hydrogen-bond donors (Lipinski definition) is 7. The fourth-order valence-electron chi connectivity index (χ4n) is 7.58. The number of nitrogen functional groups attached to an aromatic ring is 1. The molecule has 3 aromatic rings. The van der Waals surface area contributed by atoms with Gasteiger partial charge in [0.1, 0.15) is 11.1 Å². The number of fused-ring (bicyclic) bond motifs is 3. The van der Waals surface area contributed by atoms with E-state index in [0.29, 0.717) is 36.9 Å². The largest absolute Gasteiger partial charge is 0.399 e. The zero-order chi connectivity index (χ0) is 33.0. The van der Waals surface area contributed by atoms with Gasteiger partial charge in [-0.25, -0.2) is 9.59 Å². The minimum absolute atomic E-state index is 0.00414. The SMILES string of the molecule is Nc1ccc2c(c1)CC1(C2)NC(=O)NC1=O.O=C1NC(=O)C2(Cc3ccc([N+](=O)[O-])cc3C2)N1.c1ccc2c(c1)CC1(CNCN1)C2. The number of nitrogens with zero attached hydrogens (tertiary/aromatic N) is 1. The Morgan fingerprint density at radius 2 is 1.17 bits per heavy atom. The van der Waals surface area contributed by atoms with E-state index in [0.717, 1.165) is 35.5 Å². The van der Waals surface area contributed by atoms with E-state index in [4.69, 9.17) is 5.73 Å². The first-order valence-corrected chi connectivity index (χ1v) is 15.4. The molecule has 9 rings (SSSR count). The van der Waals surface area contributed by atoms with Crippen LogP contribution in [0.3, 0.4) is 0 Å². The number of imide groups is 2. The number of nitro groups is 1. The van der Waals surface area contributed by atoms with Crippen molar-refractivity contribution < 1.29 is 24.1 Å². The number of benzene rings is 3. The Morgan fingerprint density at radius 3 is 1.66 bits per heavy atom. The lowest BCUT2D eigenvalue weighted by Crippen LogP contribution is -2.47. The number of amides is 6. The highest BCUT2D eigenvalue weighted by Crippen LogP contribution is 2.35. The average Bonchev–Trinajstić information content (AvgIpc) is 3.86. The minimum atomic E-state index is -0.964. The topological polar surface area (TPSA) is 210 Å². The zero-order valence-electron chi connectivity index (χ0n) is 25.4. The molecule has 3 aromatic carbocycles. The molecular formula is C33H34N8O6. The molecule has 3 saturated heterocycles. The molecular weight excluding hydrogens is 604 g/mol. The molecule has 47 heavy (non-hydrogen) atoms. The monoisotopic (exact) mass is 638 g/mol. The van der Waals surface area contributed by atoms with Crippen LogP contribution >= 0.6 is 0 Å².